The molecule has 1 heterocycles. The first kappa shape index (κ1) is 13.8. The van der Waals surface area contributed by atoms with E-state index in [1.807, 2.05) is 0 Å². The van der Waals surface area contributed by atoms with Gasteiger partial charge in [0.25, 0.3) is 0 Å². The van der Waals surface area contributed by atoms with Gasteiger partial charge < -0.3 is 15.6 Å². The number of primary amides is 1. The van der Waals surface area contributed by atoms with Gasteiger partial charge in [-0.05, 0) is 24.3 Å². The molecular formula is C13H9ClN2O4. The Balaban J connectivity index is 2.30. The summed E-state index contributed by atoms with van der Waals surface area (Å²) in [5, 5.41) is 9.35. The van der Waals surface area contributed by atoms with Crippen molar-refractivity contribution in [1.29, 1.82) is 0 Å². The molecule has 1 aromatic carbocycles. The van der Waals surface area contributed by atoms with Gasteiger partial charge >= 0.3 is 5.97 Å². The number of carbonyl (C=O) groups excluding carboxylic acids is 1. The van der Waals surface area contributed by atoms with Crippen molar-refractivity contribution < 1.29 is 19.4 Å². The van der Waals surface area contributed by atoms with Crippen LogP contribution in [-0.4, -0.2) is 22.0 Å². The smallest absolute Gasteiger partial charge is 0.339 e. The first-order valence-corrected chi connectivity index (χ1v) is 5.81. The third-order valence-corrected chi connectivity index (χ3v) is 2.64. The molecule has 0 aliphatic rings. The van der Waals surface area contributed by atoms with Crippen molar-refractivity contribution >= 4 is 23.5 Å². The van der Waals surface area contributed by atoms with Crippen LogP contribution in [-0.2, 0) is 0 Å². The average molecular weight is 293 g/mol. The molecule has 0 aliphatic carbocycles. The van der Waals surface area contributed by atoms with E-state index >= 15 is 0 Å². The van der Waals surface area contributed by atoms with Gasteiger partial charge in [-0.15, -0.1) is 0 Å². The van der Waals surface area contributed by atoms with E-state index in [1.165, 1.54) is 36.5 Å². The van der Waals surface area contributed by atoms with E-state index in [0.29, 0.717) is 0 Å². The van der Waals surface area contributed by atoms with Crippen LogP contribution in [0.2, 0.25) is 5.02 Å². The van der Waals surface area contributed by atoms with Crippen molar-refractivity contribution in [1.82, 2.24) is 4.98 Å². The molecule has 102 valence electrons. The Kier molecular flexibility index (Phi) is 3.86. The third kappa shape index (κ3) is 3.04. The number of hydrogen-bond donors (Lipinski definition) is 2. The Morgan fingerprint density at radius 1 is 1.25 bits per heavy atom. The number of rotatable bonds is 4. The topological polar surface area (TPSA) is 103 Å². The fourth-order valence-electron chi connectivity index (χ4n) is 1.46. The Morgan fingerprint density at radius 3 is 2.55 bits per heavy atom. The standard InChI is InChI=1S/C13H9ClN2O4/c14-8-2-3-10(9(5-8)13(18)19)20-11-4-1-7(6-16-11)12(15)17/h1-6H,(H2,15,17)(H,18,19). The third-order valence-electron chi connectivity index (χ3n) is 2.41. The Morgan fingerprint density at radius 2 is 2.00 bits per heavy atom. The number of aromatic carboxylic acids is 1. The zero-order valence-electron chi connectivity index (χ0n) is 10.0. The van der Waals surface area contributed by atoms with Crippen molar-refractivity contribution in [3.8, 4) is 11.6 Å². The maximum absolute atomic E-state index is 11.1. The number of carboxylic acids is 1. The fraction of sp³-hybridized carbons (Fsp3) is 0. The Labute approximate surface area is 118 Å². The van der Waals surface area contributed by atoms with E-state index in [1.54, 1.807) is 0 Å². The number of benzene rings is 1. The van der Waals surface area contributed by atoms with Crippen LogP contribution in [0.3, 0.4) is 0 Å². The van der Waals surface area contributed by atoms with Crippen LogP contribution >= 0.6 is 11.6 Å². The van der Waals surface area contributed by atoms with Crippen molar-refractivity contribution in [2.45, 2.75) is 0 Å². The molecule has 0 saturated carbocycles. The lowest BCUT2D eigenvalue weighted by molar-refractivity contribution is 0.0694. The predicted molar refractivity (Wildman–Crippen MR) is 71.2 cm³/mol. The van der Waals surface area contributed by atoms with Gasteiger partial charge in [-0.25, -0.2) is 9.78 Å². The lowest BCUT2D eigenvalue weighted by atomic mass is 10.2. The van der Waals surface area contributed by atoms with Crippen molar-refractivity contribution in [3.05, 3.63) is 52.7 Å². The number of hydrogen-bond acceptors (Lipinski definition) is 4. The van der Waals surface area contributed by atoms with Gasteiger partial charge in [-0.3, -0.25) is 4.79 Å². The zero-order chi connectivity index (χ0) is 14.7. The van der Waals surface area contributed by atoms with E-state index < -0.39 is 11.9 Å². The number of nitrogens with two attached hydrogens (primary N) is 1. The van der Waals surface area contributed by atoms with Crippen LogP contribution < -0.4 is 10.5 Å². The van der Waals surface area contributed by atoms with Gasteiger partial charge in [0, 0.05) is 17.3 Å². The second kappa shape index (κ2) is 5.58. The van der Waals surface area contributed by atoms with Gasteiger partial charge in [0.2, 0.25) is 11.8 Å². The van der Waals surface area contributed by atoms with Crippen LogP contribution in [0, 0.1) is 0 Å². The minimum Gasteiger partial charge on any atom is -0.478 e. The summed E-state index contributed by atoms with van der Waals surface area (Å²) in [4.78, 5) is 25.9. The van der Waals surface area contributed by atoms with Crippen LogP contribution in [0.1, 0.15) is 20.7 Å². The quantitative estimate of drug-likeness (QED) is 0.900. The second-order valence-corrected chi connectivity index (χ2v) is 4.23. The van der Waals surface area contributed by atoms with E-state index in [9.17, 15) is 9.59 Å². The Bertz CT molecular complexity index is 671. The summed E-state index contributed by atoms with van der Waals surface area (Å²) in [6.45, 7) is 0. The van der Waals surface area contributed by atoms with E-state index in [0.717, 1.165) is 0 Å². The largest absolute Gasteiger partial charge is 0.478 e. The molecule has 3 N–H and O–H groups in total. The number of aromatic nitrogens is 1. The first-order valence-electron chi connectivity index (χ1n) is 5.44. The number of carbonyl (C=O) groups is 2. The molecule has 0 radical (unpaired) electrons. The average Bonchev–Trinajstić information content (AvgIpc) is 2.41. The number of pyridine rings is 1. The molecule has 7 heteroatoms. The number of ether oxygens (including phenoxy) is 1. The highest BCUT2D eigenvalue weighted by atomic mass is 35.5. The molecule has 0 aliphatic heterocycles. The maximum atomic E-state index is 11.1. The first-order chi connectivity index (χ1) is 9.47. The van der Waals surface area contributed by atoms with Crippen LogP contribution in [0.4, 0.5) is 0 Å². The molecule has 2 rings (SSSR count). The summed E-state index contributed by atoms with van der Waals surface area (Å²) in [6.07, 6.45) is 1.24. The van der Waals surface area contributed by atoms with Crippen LogP contribution in [0.25, 0.3) is 0 Å². The lowest BCUT2D eigenvalue weighted by Gasteiger charge is -2.08. The molecular weight excluding hydrogens is 284 g/mol. The Hall–Kier alpha value is -2.60. The number of amides is 1. The molecule has 1 amide bonds. The summed E-state index contributed by atoms with van der Waals surface area (Å²) in [7, 11) is 0. The van der Waals surface area contributed by atoms with Gasteiger partial charge in [-0.1, -0.05) is 11.6 Å². The van der Waals surface area contributed by atoms with Crippen LogP contribution in [0.15, 0.2) is 36.5 Å². The summed E-state index contributed by atoms with van der Waals surface area (Å²) >= 11 is 5.73. The minimum atomic E-state index is -1.17. The van der Waals surface area contributed by atoms with Gasteiger partial charge in [0.15, 0.2) is 0 Å². The predicted octanol–water partition coefficient (Wildman–Crippen LogP) is 2.32. The highest BCUT2D eigenvalue weighted by Crippen LogP contribution is 2.27. The summed E-state index contributed by atoms with van der Waals surface area (Å²) in [5.41, 5.74) is 5.23. The fourth-order valence-corrected chi connectivity index (χ4v) is 1.63. The van der Waals surface area contributed by atoms with Crippen LogP contribution in [0.5, 0.6) is 11.6 Å². The highest BCUT2D eigenvalue weighted by molar-refractivity contribution is 6.31. The van der Waals surface area contributed by atoms with E-state index in [4.69, 9.17) is 27.2 Å². The molecule has 6 nitrogen and oxygen atoms in total. The van der Waals surface area contributed by atoms with Gasteiger partial charge in [-0.2, -0.15) is 0 Å². The number of carboxylic acid groups (broad SMARTS) is 1. The molecule has 0 fully saturated rings. The lowest BCUT2D eigenvalue weighted by Crippen LogP contribution is -2.11. The monoisotopic (exact) mass is 292 g/mol. The molecule has 0 bridgehead atoms. The SMILES string of the molecule is NC(=O)c1ccc(Oc2ccc(Cl)cc2C(=O)O)nc1. The molecule has 0 saturated heterocycles. The minimum absolute atomic E-state index is 0.0849. The molecule has 20 heavy (non-hydrogen) atoms. The summed E-state index contributed by atoms with van der Waals surface area (Å²) < 4.78 is 5.36. The van der Waals surface area contributed by atoms with E-state index in [-0.39, 0.29) is 27.8 Å². The molecule has 0 atom stereocenters. The molecule has 0 unspecified atom stereocenters. The molecule has 1 aromatic heterocycles. The van der Waals surface area contributed by atoms with Gasteiger partial charge in [0.05, 0.1) is 5.56 Å². The zero-order valence-corrected chi connectivity index (χ0v) is 10.8. The molecule has 0 spiro atoms. The normalized spacial score (nSPS) is 10.1. The van der Waals surface area contributed by atoms with E-state index in [2.05, 4.69) is 4.98 Å². The van der Waals surface area contributed by atoms with Gasteiger partial charge in [0.1, 0.15) is 11.3 Å². The number of nitrogens with zero attached hydrogens (tertiary/aromatic N) is 1. The second-order valence-electron chi connectivity index (χ2n) is 3.80. The number of halogens is 1. The molecule has 2 aromatic rings. The summed E-state index contributed by atoms with van der Waals surface area (Å²) in [6, 6.07) is 7.05. The highest BCUT2D eigenvalue weighted by Gasteiger charge is 2.13. The summed E-state index contributed by atoms with van der Waals surface area (Å²) in [5.74, 6) is -1.54. The van der Waals surface area contributed by atoms with Crippen molar-refractivity contribution in [3.63, 3.8) is 0 Å². The van der Waals surface area contributed by atoms with Crippen molar-refractivity contribution in [2.75, 3.05) is 0 Å². The maximum Gasteiger partial charge on any atom is 0.339 e. The van der Waals surface area contributed by atoms with Crippen molar-refractivity contribution in [2.24, 2.45) is 5.73 Å².